The zero-order valence-corrected chi connectivity index (χ0v) is 30.9. The number of aliphatic hydroxyl groups excluding tert-OH is 1. The number of phosphoric acid groups is 3. The van der Waals surface area contributed by atoms with Gasteiger partial charge in [-0.1, -0.05) is 13.8 Å². The minimum absolute atomic E-state index is 0.0123. The van der Waals surface area contributed by atoms with Crippen molar-refractivity contribution in [3.8, 4) is 0 Å². The van der Waals surface area contributed by atoms with Crippen LogP contribution in [-0.4, -0.2) is 99.6 Å². The number of nitrogens with zero attached hydrogens (tertiary/aromatic N) is 2. The Morgan fingerprint density at radius 1 is 0.920 bits per heavy atom. The van der Waals surface area contributed by atoms with Crippen molar-refractivity contribution in [2.45, 2.75) is 57.5 Å². The summed E-state index contributed by atoms with van der Waals surface area (Å²) in [6, 6.07) is 0. The van der Waals surface area contributed by atoms with Crippen molar-refractivity contribution in [3.05, 3.63) is 43.3 Å². The fraction of sp³-hybridized carbons (Fsp3) is 0.636. The summed E-state index contributed by atoms with van der Waals surface area (Å²) in [5.74, 6) is -2.69. The number of hydrogen-bond acceptors (Lipinski definition) is 15. The number of aromatic amines is 1. The molecule has 2 fully saturated rings. The molecule has 1 amide bonds. The Kier molecular flexibility index (Phi) is 12.7. The van der Waals surface area contributed by atoms with E-state index in [2.05, 4.69) is 34.1 Å². The summed E-state index contributed by atoms with van der Waals surface area (Å²) in [4.78, 5) is 99.4. The first-order valence-corrected chi connectivity index (χ1v) is 21.2. The van der Waals surface area contributed by atoms with Crippen molar-refractivity contribution in [1.82, 2.24) is 14.5 Å². The zero-order chi connectivity index (χ0) is 37.6. The maximum Gasteiger partial charge on any atom is 0.490 e. The van der Waals surface area contributed by atoms with Crippen LogP contribution in [0.2, 0.25) is 0 Å². The van der Waals surface area contributed by atoms with Crippen LogP contribution in [0.3, 0.4) is 0 Å². The standard InChI is InChI=1S/C22H32BrN3O20P4/c1-10-11(2)21(44-16(10)7-42-49(37,38)46-50(39,40)45-48(34,35)36)25-5-12(14(27)3-18(25)29)9-47(32,33)41-8-17-15(28)4-19(43-17)26-6-13(23)20(30)24-22(26)31/h5-6,10-11,15-17,19,21,28H,3-4,7-9H2,1-2H3,(H,32,33)(H,37,38)(H,39,40)(H,24,30,31)(H2,34,35,36). The fourth-order valence-corrected chi connectivity index (χ4v) is 9.68. The van der Waals surface area contributed by atoms with Crippen molar-refractivity contribution >= 4 is 58.7 Å². The Balaban J connectivity index is 1.38. The maximum absolute atomic E-state index is 13.0. The first-order chi connectivity index (χ1) is 22.9. The number of nitrogens with one attached hydrogen (secondary N) is 1. The van der Waals surface area contributed by atoms with Crippen molar-refractivity contribution in [3.63, 3.8) is 0 Å². The lowest BCUT2D eigenvalue weighted by molar-refractivity contribution is -0.146. The average Bonchev–Trinajstić information content (AvgIpc) is 3.46. The number of phosphoric ester groups is 1. The van der Waals surface area contributed by atoms with E-state index in [1.165, 1.54) is 0 Å². The van der Waals surface area contributed by atoms with Gasteiger partial charge in [-0.25, -0.2) is 18.5 Å². The van der Waals surface area contributed by atoms with Crippen molar-refractivity contribution in [2.24, 2.45) is 11.8 Å². The highest BCUT2D eigenvalue weighted by atomic mass is 79.9. The molecule has 2 saturated heterocycles. The van der Waals surface area contributed by atoms with E-state index in [-0.39, 0.29) is 16.5 Å². The number of ether oxygens (including phenoxy) is 2. The van der Waals surface area contributed by atoms with Gasteiger partial charge in [-0.2, -0.15) is 8.62 Å². The minimum atomic E-state index is -5.76. The summed E-state index contributed by atoms with van der Waals surface area (Å²) in [6.45, 7) is 1.75. The number of aromatic nitrogens is 2. The molecule has 1 aromatic rings. The third-order valence-corrected chi connectivity index (χ3v) is 13.4. The fourth-order valence-electron chi connectivity index (χ4n) is 5.17. The number of Topliss-reactive ketones (excluding diaryl/α,β-unsaturated/α-hetero) is 1. The molecule has 0 saturated carbocycles. The quantitative estimate of drug-likeness (QED) is 0.0968. The molecule has 10 unspecified atom stereocenters. The highest BCUT2D eigenvalue weighted by Gasteiger charge is 2.47. The number of carbonyl (C=O) groups excluding carboxylic acids is 2. The number of ketones is 1. The molecule has 0 bridgehead atoms. The summed E-state index contributed by atoms with van der Waals surface area (Å²) in [6.07, 6.45) is -5.33. The van der Waals surface area contributed by atoms with Gasteiger partial charge in [0.1, 0.15) is 18.6 Å². The Labute approximate surface area is 289 Å². The van der Waals surface area contributed by atoms with Gasteiger partial charge in [-0.3, -0.25) is 37.9 Å². The first kappa shape index (κ1) is 41.2. The van der Waals surface area contributed by atoms with Gasteiger partial charge in [0, 0.05) is 30.3 Å². The molecule has 4 rings (SSSR count). The molecule has 0 radical (unpaired) electrons. The lowest BCUT2D eigenvalue weighted by Gasteiger charge is -2.32. The summed E-state index contributed by atoms with van der Waals surface area (Å²) in [5.41, 5.74) is -1.81. The highest BCUT2D eigenvalue weighted by Crippen LogP contribution is 2.66. The van der Waals surface area contributed by atoms with Gasteiger partial charge in [-0.05, 0) is 21.8 Å². The molecule has 23 nitrogen and oxygen atoms in total. The molecule has 50 heavy (non-hydrogen) atoms. The van der Waals surface area contributed by atoms with Crippen LogP contribution in [0.4, 0.5) is 0 Å². The molecule has 3 aliphatic heterocycles. The Morgan fingerprint density at radius 2 is 1.56 bits per heavy atom. The van der Waals surface area contributed by atoms with E-state index in [4.69, 9.17) is 23.8 Å². The second-order valence-electron chi connectivity index (χ2n) is 11.4. The number of rotatable bonds is 14. The Morgan fingerprint density at radius 3 is 2.20 bits per heavy atom. The van der Waals surface area contributed by atoms with Gasteiger partial charge in [0.2, 0.25) is 5.91 Å². The summed E-state index contributed by atoms with van der Waals surface area (Å²) >= 11 is 2.98. The van der Waals surface area contributed by atoms with Crippen LogP contribution in [0.25, 0.3) is 0 Å². The number of allylic oxidation sites excluding steroid dienone is 1. The van der Waals surface area contributed by atoms with Crippen molar-refractivity contribution < 1.29 is 84.6 Å². The monoisotopic (exact) mass is 861 g/mol. The van der Waals surface area contributed by atoms with E-state index in [0.29, 0.717) is 0 Å². The third kappa shape index (κ3) is 10.5. The van der Waals surface area contributed by atoms with Gasteiger partial charge >= 0.3 is 36.8 Å². The number of amides is 1. The third-order valence-electron chi connectivity index (χ3n) is 7.77. The van der Waals surface area contributed by atoms with Crippen LogP contribution in [0.1, 0.15) is 32.9 Å². The van der Waals surface area contributed by atoms with E-state index in [0.717, 1.165) is 21.9 Å². The molecule has 0 spiro atoms. The van der Waals surface area contributed by atoms with Gasteiger partial charge in [0.05, 0.1) is 42.5 Å². The van der Waals surface area contributed by atoms with E-state index in [1.807, 2.05) is 0 Å². The molecular weight excluding hydrogens is 830 g/mol. The Hall–Kier alpha value is -1.52. The van der Waals surface area contributed by atoms with Crippen LogP contribution < -0.4 is 11.2 Å². The predicted octanol–water partition coefficient (Wildman–Crippen LogP) is 0.175. The summed E-state index contributed by atoms with van der Waals surface area (Å²) in [5, 5.41) is 10.4. The molecule has 7 N–H and O–H groups in total. The molecule has 282 valence electrons. The smallest absolute Gasteiger partial charge is 0.390 e. The van der Waals surface area contributed by atoms with Gasteiger partial charge < -0.3 is 43.6 Å². The zero-order valence-electron chi connectivity index (χ0n) is 25.7. The predicted molar refractivity (Wildman–Crippen MR) is 166 cm³/mol. The van der Waals surface area contributed by atoms with Crippen molar-refractivity contribution in [1.29, 1.82) is 0 Å². The highest BCUT2D eigenvalue weighted by molar-refractivity contribution is 9.10. The second-order valence-corrected chi connectivity index (χ2v) is 18.5. The van der Waals surface area contributed by atoms with Crippen molar-refractivity contribution in [2.75, 3.05) is 19.4 Å². The lowest BCUT2D eigenvalue weighted by atomic mass is 9.92. The summed E-state index contributed by atoms with van der Waals surface area (Å²) < 4.78 is 77.1. The lowest BCUT2D eigenvalue weighted by Crippen LogP contribution is -2.44. The second kappa shape index (κ2) is 15.5. The molecule has 10 atom stereocenters. The van der Waals surface area contributed by atoms with E-state index in [1.54, 1.807) is 13.8 Å². The molecule has 0 aliphatic carbocycles. The maximum atomic E-state index is 13.0. The molecule has 4 heterocycles. The molecule has 1 aromatic heterocycles. The number of H-pyrrole nitrogens is 1. The molecule has 0 aromatic carbocycles. The SMILES string of the molecule is CC1C(COP(=O)(O)OP(=O)(O)OP(=O)(O)O)OC(N2C=C(CP(=O)(O)OCC3OC(n4cc(Br)c(=O)[nH]c4=O)CC3O)C(=O)CC2=O)C1C. The van der Waals surface area contributed by atoms with Crippen LogP contribution in [0, 0.1) is 11.8 Å². The number of aliphatic hydroxyl groups is 1. The van der Waals surface area contributed by atoms with Gasteiger partial charge in [0.25, 0.3) is 5.56 Å². The minimum Gasteiger partial charge on any atom is -0.390 e. The van der Waals surface area contributed by atoms with Crippen LogP contribution in [0.15, 0.2) is 32.0 Å². The largest absolute Gasteiger partial charge is 0.490 e. The summed E-state index contributed by atoms with van der Waals surface area (Å²) in [7, 11) is -21.5. The number of carbonyl (C=O) groups is 2. The van der Waals surface area contributed by atoms with E-state index in [9.17, 15) is 57.2 Å². The van der Waals surface area contributed by atoms with Crippen LogP contribution in [-0.2, 0) is 55.0 Å². The van der Waals surface area contributed by atoms with Gasteiger partial charge in [-0.15, -0.1) is 0 Å². The molecule has 3 aliphatic rings. The number of halogens is 1. The topological polar surface area (TPSA) is 337 Å². The van der Waals surface area contributed by atoms with Crippen LogP contribution in [0.5, 0.6) is 0 Å². The average molecular weight is 862 g/mol. The van der Waals surface area contributed by atoms with E-state index < -0.39 is 122 Å². The Bertz CT molecular complexity index is 1840. The van der Waals surface area contributed by atoms with E-state index >= 15 is 0 Å². The first-order valence-electron chi connectivity index (χ1n) is 14.2. The van der Waals surface area contributed by atoms with Crippen LogP contribution >= 0.6 is 47.0 Å². The normalized spacial score (nSPS) is 31.3. The molecular formula is C22H32BrN3O20P4. The van der Waals surface area contributed by atoms with Gasteiger partial charge in [0.15, 0.2) is 5.78 Å². The number of hydrogen-bond donors (Lipinski definition) is 7. The molecule has 28 heteroatoms.